The van der Waals surface area contributed by atoms with Gasteiger partial charge in [-0.3, -0.25) is 4.90 Å². The van der Waals surface area contributed by atoms with Gasteiger partial charge in [-0.25, -0.2) is 9.59 Å². The van der Waals surface area contributed by atoms with E-state index in [9.17, 15) is 9.59 Å². The number of nitrogens with zero attached hydrogens (tertiary/aromatic N) is 1. The molecule has 1 aliphatic rings. The normalized spacial score (nSPS) is 16.7. The van der Waals surface area contributed by atoms with Crippen LogP contribution in [0.1, 0.15) is 25.8 Å². The molecule has 26 heavy (non-hydrogen) atoms. The summed E-state index contributed by atoms with van der Waals surface area (Å²) in [4.78, 5) is 21.7. The Morgan fingerprint density at radius 2 is 1.88 bits per heavy atom. The molecule has 1 atom stereocenters. The molecule has 1 aromatic rings. The minimum Gasteiger partial charge on any atom is -0.478 e. The molecule has 0 bridgehead atoms. The third-order valence-corrected chi connectivity index (χ3v) is 4.22. The van der Waals surface area contributed by atoms with Crippen molar-refractivity contribution in [3.63, 3.8) is 0 Å². The van der Waals surface area contributed by atoms with Crippen molar-refractivity contribution < 1.29 is 19.8 Å². The van der Waals surface area contributed by atoms with Gasteiger partial charge in [0.2, 0.25) is 0 Å². The molecule has 0 aliphatic carbocycles. The first-order valence-electron chi connectivity index (χ1n) is 8.61. The average Bonchev–Trinajstić information content (AvgIpc) is 3.09. The van der Waals surface area contributed by atoms with Gasteiger partial charge >= 0.3 is 11.9 Å². The Morgan fingerprint density at radius 1 is 1.27 bits per heavy atom. The van der Waals surface area contributed by atoms with E-state index in [0.29, 0.717) is 24.1 Å². The van der Waals surface area contributed by atoms with Crippen molar-refractivity contribution in [2.75, 3.05) is 19.6 Å². The van der Waals surface area contributed by atoms with Crippen LogP contribution >= 0.6 is 11.6 Å². The van der Waals surface area contributed by atoms with Gasteiger partial charge in [-0.05, 0) is 30.5 Å². The summed E-state index contributed by atoms with van der Waals surface area (Å²) in [5, 5.41) is 20.0. The van der Waals surface area contributed by atoms with Crippen LogP contribution < -0.4 is 5.32 Å². The van der Waals surface area contributed by atoms with Gasteiger partial charge in [0.15, 0.2) is 0 Å². The first-order chi connectivity index (χ1) is 12.3. The molecule has 1 aromatic carbocycles. The molecule has 1 fully saturated rings. The molecule has 0 saturated carbocycles. The summed E-state index contributed by atoms with van der Waals surface area (Å²) in [6.45, 7) is 8.91. The van der Waals surface area contributed by atoms with Crippen molar-refractivity contribution in [1.29, 1.82) is 0 Å². The maximum atomic E-state index is 9.55. The lowest BCUT2D eigenvalue weighted by atomic mass is 10.1. The molecule has 1 heterocycles. The third-order valence-electron chi connectivity index (χ3n) is 3.85. The maximum Gasteiger partial charge on any atom is 0.328 e. The lowest BCUT2D eigenvalue weighted by molar-refractivity contribution is -0.134. The number of nitrogens with one attached hydrogen (secondary N) is 1. The molecule has 1 saturated heterocycles. The predicted molar refractivity (Wildman–Crippen MR) is 102 cm³/mol. The summed E-state index contributed by atoms with van der Waals surface area (Å²) in [5.74, 6) is -1.83. The molecule has 2 rings (SSSR count). The van der Waals surface area contributed by atoms with Crippen LogP contribution in [0.25, 0.3) is 0 Å². The van der Waals surface area contributed by atoms with Crippen LogP contribution in [0.5, 0.6) is 0 Å². The van der Waals surface area contributed by atoms with E-state index in [1.54, 1.807) is 0 Å². The fourth-order valence-corrected chi connectivity index (χ4v) is 2.95. The Morgan fingerprint density at radius 3 is 2.35 bits per heavy atom. The van der Waals surface area contributed by atoms with Crippen LogP contribution in [-0.2, 0) is 16.1 Å². The van der Waals surface area contributed by atoms with E-state index in [1.165, 1.54) is 12.0 Å². The first-order valence-corrected chi connectivity index (χ1v) is 8.99. The molecule has 1 aliphatic heterocycles. The molecule has 144 valence electrons. The number of halogens is 1. The zero-order chi connectivity index (χ0) is 19.5. The molecule has 3 N–H and O–H groups in total. The number of aliphatic carboxylic acids is 2. The fraction of sp³-hybridized carbons (Fsp3) is 0.474. The van der Waals surface area contributed by atoms with E-state index >= 15 is 0 Å². The van der Waals surface area contributed by atoms with Crippen LogP contribution in [0, 0.1) is 5.92 Å². The maximum absolute atomic E-state index is 9.55. The van der Waals surface area contributed by atoms with Gasteiger partial charge < -0.3 is 15.5 Å². The van der Waals surface area contributed by atoms with E-state index in [0.717, 1.165) is 31.2 Å². The van der Waals surface area contributed by atoms with Crippen LogP contribution in [-0.4, -0.2) is 52.7 Å². The van der Waals surface area contributed by atoms with Crippen molar-refractivity contribution in [3.05, 3.63) is 47.0 Å². The smallest absolute Gasteiger partial charge is 0.328 e. The van der Waals surface area contributed by atoms with E-state index in [4.69, 9.17) is 21.8 Å². The van der Waals surface area contributed by atoms with Gasteiger partial charge in [-0.2, -0.15) is 0 Å². The average molecular weight is 383 g/mol. The van der Waals surface area contributed by atoms with E-state index < -0.39 is 11.9 Å². The summed E-state index contributed by atoms with van der Waals surface area (Å²) < 4.78 is 0. The number of carbonyl (C=O) groups is 2. The van der Waals surface area contributed by atoms with Gasteiger partial charge in [0.25, 0.3) is 0 Å². The Hall–Kier alpha value is -1.89. The molecule has 0 radical (unpaired) electrons. The Bertz CT molecular complexity index is 597. The predicted octanol–water partition coefficient (Wildman–Crippen LogP) is 2.87. The number of hydrogen-bond donors (Lipinski definition) is 3. The lowest BCUT2D eigenvalue weighted by Crippen LogP contribution is -2.38. The Kier molecular flexibility index (Phi) is 9.95. The SMILES string of the molecule is CC(C)CN(Cc1ccccc1Cl)[C@H]1CCNC1.O=C(O)C=CC(=O)O. The van der Waals surface area contributed by atoms with E-state index in [1.807, 2.05) is 12.1 Å². The minimum absolute atomic E-state index is 0.558. The summed E-state index contributed by atoms with van der Waals surface area (Å²) >= 11 is 6.27. The van der Waals surface area contributed by atoms with Crippen LogP contribution in [0.4, 0.5) is 0 Å². The van der Waals surface area contributed by atoms with E-state index in [-0.39, 0.29) is 0 Å². The largest absolute Gasteiger partial charge is 0.478 e. The van der Waals surface area contributed by atoms with Crippen LogP contribution in [0.2, 0.25) is 5.02 Å². The van der Waals surface area contributed by atoms with Gasteiger partial charge in [0.1, 0.15) is 0 Å². The number of hydrogen-bond acceptors (Lipinski definition) is 4. The highest BCUT2D eigenvalue weighted by atomic mass is 35.5. The zero-order valence-electron chi connectivity index (χ0n) is 15.2. The van der Waals surface area contributed by atoms with Crippen molar-refractivity contribution in [2.24, 2.45) is 5.92 Å². The number of carboxylic acid groups (broad SMARTS) is 2. The molecule has 6 nitrogen and oxygen atoms in total. The van der Waals surface area contributed by atoms with Crippen molar-refractivity contribution >= 4 is 23.5 Å². The van der Waals surface area contributed by atoms with Crippen molar-refractivity contribution in [3.8, 4) is 0 Å². The molecule has 0 amide bonds. The van der Waals surface area contributed by atoms with Crippen molar-refractivity contribution in [1.82, 2.24) is 10.2 Å². The molecule has 0 spiro atoms. The highest BCUT2D eigenvalue weighted by molar-refractivity contribution is 6.31. The highest BCUT2D eigenvalue weighted by Gasteiger charge is 2.23. The summed E-state index contributed by atoms with van der Waals surface area (Å²) in [6, 6.07) is 8.84. The second-order valence-electron chi connectivity index (χ2n) is 6.57. The highest BCUT2D eigenvalue weighted by Crippen LogP contribution is 2.20. The number of rotatable bonds is 7. The van der Waals surface area contributed by atoms with Gasteiger partial charge in [0, 0.05) is 42.9 Å². The molecule has 7 heteroatoms. The third kappa shape index (κ3) is 8.99. The Balaban J connectivity index is 0.000000359. The van der Waals surface area contributed by atoms with E-state index in [2.05, 4.69) is 36.2 Å². The van der Waals surface area contributed by atoms with Gasteiger partial charge in [0.05, 0.1) is 0 Å². The summed E-state index contributed by atoms with van der Waals surface area (Å²) in [6.07, 6.45) is 2.36. The second-order valence-corrected chi connectivity index (χ2v) is 6.98. The molecule has 0 aromatic heterocycles. The van der Waals surface area contributed by atoms with Crippen LogP contribution in [0.15, 0.2) is 36.4 Å². The van der Waals surface area contributed by atoms with Gasteiger partial charge in [-0.15, -0.1) is 0 Å². The quantitative estimate of drug-likeness (QED) is 0.628. The number of carboxylic acids is 2. The summed E-state index contributed by atoms with van der Waals surface area (Å²) in [7, 11) is 0. The summed E-state index contributed by atoms with van der Waals surface area (Å²) in [5.41, 5.74) is 1.24. The standard InChI is InChI=1S/C15H23ClN2.C4H4O4/c1-12(2)10-18(14-7-8-17-9-14)11-13-5-3-4-6-15(13)16;5-3(6)1-2-4(7)8/h3-6,12,14,17H,7-11H2,1-2H3;1-2H,(H,5,6)(H,7,8)/t14-;/m0./s1. The molecular formula is C19H27ClN2O4. The number of benzene rings is 1. The molecular weight excluding hydrogens is 356 g/mol. The fourth-order valence-electron chi connectivity index (χ4n) is 2.75. The molecule has 0 unspecified atom stereocenters. The minimum atomic E-state index is -1.26. The van der Waals surface area contributed by atoms with Gasteiger partial charge in [-0.1, -0.05) is 43.6 Å². The van der Waals surface area contributed by atoms with Crippen molar-refractivity contribution in [2.45, 2.75) is 32.9 Å². The monoisotopic (exact) mass is 382 g/mol. The van der Waals surface area contributed by atoms with Crippen LogP contribution in [0.3, 0.4) is 0 Å². The Labute approximate surface area is 159 Å². The lowest BCUT2D eigenvalue weighted by Gasteiger charge is -2.30. The topological polar surface area (TPSA) is 89.9 Å². The first kappa shape index (κ1) is 22.2. The second kappa shape index (κ2) is 11.7. The zero-order valence-corrected chi connectivity index (χ0v) is 15.9.